The van der Waals surface area contributed by atoms with Gasteiger partial charge in [-0.15, -0.1) is 0 Å². The maximum absolute atomic E-state index is 13.0. The van der Waals surface area contributed by atoms with E-state index in [1.165, 1.54) is 19.3 Å². The average molecular weight is 292 g/mol. The van der Waals surface area contributed by atoms with Crippen LogP contribution in [0.1, 0.15) is 65.2 Å². The van der Waals surface area contributed by atoms with Crippen molar-refractivity contribution in [3.63, 3.8) is 0 Å². The highest BCUT2D eigenvalue weighted by atomic mass is 16.2. The molecular formula is C17H28N2O2. The number of nitrogens with zero attached hydrogens (tertiary/aromatic N) is 1. The Bertz CT molecular complexity index is 413. The largest absolute Gasteiger partial charge is 0.342 e. The molecule has 1 heterocycles. The third-order valence-corrected chi connectivity index (χ3v) is 5.64. The van der Waals surface area contributed by atoms with Gasteiger partial charge in [0.05, 0.1) is 0 Å². The van der Waals surface area contributed by atoms with Crippen LogP contribution >= 0.6 is 0 Å². The highest BCUT2D eigenvalue weighted by molar-refractivity contribution is 5.97. The lowest BCUT2D eigenvalue weighted by atomic mass is 9.87. The van der Waals surface area contributed by atoms with Crippen LogP contribution in [-0.4, -0.2) is 34.8 Å². The summed E-state index contributed by atoms with van der Waals surface area (Å²) in [5.74, 6) is 0.919. The molecule has 3 unspecified atom stereocenters. The standard InChI is InChI=1S/C17H28N2O2/c1-3-11(2)14-17(21)19(13-7-5-4-6-8-13)15(12-9-10-12)16(20)18-14/h11-15H,3-10H2,1-2H3,(H,18,20). The zero-order valence-corrected chi connectivity index (χ0v) is 13.3. The third kappa shape index (κ3) is 2.82. The molecule has 2 aliphatic carbocycles. The van der Waals surface area contributed by atoms with Crippen LogP contribution in [0.3, 0.4) is 0 Å². The summed E-state index contributed by atoms with van der Waals surface area (Å²) in [6, 6.07) is -0.185. The van der Waals surface area contributed by atoms with Crippen molar-refractivity contribution in [3.8, 4) is 0 Å². The van der Waals surface area contributed by atoms with Gasteiger partial charge in [-0.05, 0) is 37.5 Å². The van der Waals surface area contributed by atoms with Gasteiger partial charge in [0.15, 0.2) is 0 Å². The molecule has 1 saturated heterocycles. The predicted octanol–water partition coefficient (Wildman–Crippen LogP) is 2.47. The average Bonchev–Trinajstić information content (AvgIpc) is 3.33. The van der Waals surface area contributed by atoms with Crippen LogP contribution in [0.2, 0.25) is 0 Å². The van der Waals surface area contributed by atoms with Crippen molar-refractivity contribution < 1.29 is 9.59 Å². The van der Waals surface area contributed by atoms with E-state index >= 15 is 0 Å². The maximum atomic E-state index is 13.0. The molecule has 4 nitrogen and oxygen atoms in total. The lowest BCUT2D eigenvalue weighted by Crippen LogP contribution is -2.67. The second-order valence-electron chi connectivity index (χ2n) is 7.19. The van der Waals surface area contributed by atoms with Gasteiger partial charge in [0, 0.05) is 6.04 Å². The van der Waals surface area contributed by atoms with E-state index in [1.807, 2.05) is 4.90 Å². The Hall–Kier alpha value is -1.06. The number of carbonyl (C=O) groups excluding carboxylic acids is 2. The fraction of sp³-hybridized carbons (Fsp3) is 0.882. The van der Waals surface area contributed by atoms with E-state index in [2.05, 4.69) is 19.2 Å². The molecule has 0 radical (unpaired) electrons. The van der Waals surface area contributed by atoms with Crippen LogP contribution in [-0.2, 0) is 9.59 Å². The minimum absolute atomic E-state index is 0.105. The second kappa shape index (κ2) is 5.98. The molecule has 3 atom stereocenters. The van der Waals surface area contributed by atoms with Crippen molar-refractivity contribution in [1.82, 2.24) is 10.2 Å². The van der Waals surface area contributed by atoms with E-state index in [0.29, 0.717) is 12.0 Å². The van der Waals surface area contributed by atoms with Gasteiger partial charge in [-0.1, -0.05) is 39.5 Å². The number of rotatable bonds is 4. The molecule has 0 spiro atoms. The van der Waals surface area contributed by atoms with Gasteiger partial charge < -0.3 is 10.2 Å². The molecule has 1 aliphatic heterocycles. The number of carbonyl (C=O) groups is 2. The minimum atomic E-state index is -0.306. The summed E-state index contributed by atoms with van der Waals surface area (Å²) in [4.78, 5) is 27.6. The molecule has 0 aromatic heterocycles. The topological polar surface area (TPSA) is 49.4 Å². The summed E-state index contributed by atoms with van der Waals surface area (Å²) in [5.41, 5.74) is 0. The summed E-state index contributed by atoms with van der Waals surface area (Å²) in [7, 11) is 0. The van der Waals surface area contributed by atoms with Gasteiger partial charge in [-0.2, -0.15) is 0 Å². The molecule has 0 aromatic carbocycles. The Morgan fingerprint density at radius 2 is 1.81 bits per heavy atom. The Balaban J connectivity index is 1.85. The Kier molecular flexibility index (Phi) is 4.23. The first kappa shape index (κ1) is 14.9. The molecule has 118 valence electrons. The van der Waals surface area contributed by atoms with Crippen molar-refractivity contribution in [3.05, 3.63) is 0 Å². The zero-order chi connectivity index (χ0) is 15.0. The van der Waals surface area contributed by atoms with Crippen LogP contribution in [0.15, 0.2) is 0 Å². The second-order valence-corrected chi connectivity index (χ2v) is 7.19. The predicted molar refractivity (Wildman–Crippen MR) is 81.6 cm³/mol. The van der Waals surface area contributed by atoms with E-state index in [0.717, 1.165) is 32.1 Å². The Labute approximate surface area is 127 Å². The van der Waals surface area contributed by atoms with E-state index in [1.54, 1.807) is 0 Å². The molecule has 3 rings (SSSR count). The summed E-state index contributed by atoms with van der Waals surface area (Å²) < 4.78 is 0. The maximum Gasteiger partial charge on any atom is 0.246 e. The summed E-state index contributed by atoms with van der Waals surface area (Å²) in [5, 5.41) is 3.03. The monoisotopic (exact) mass is 292 g/mol. The van der Waals surface area contributed by atoms with Crippen LogP contribution in [0.25, 0.3) is 0 Å². The van der Waals surface area contributed by atoms with Crippen molar-refractivity contribution in [2.45, 2.75) is 83.3 Å². The van der Waals surface area contributed by atoms with Gasteiger partial charge in [-0.25, -0.2) is 0 Å². The van der Waals surface area contributed by atoms with Crippen LogP contribution in [0.5, 0.6) is 0 Å². The summed E-state index contributed by atoms with van der Waals surface area (Å²) in [6.45, 7) is 4.15. The van der Waals surface area contributed by atoms with Gasteiger partial charge >= 0.3 is 0 Å². The van der Waals surface area contributed by atoms with Gasteiger partial charge in [0.2, 0.25) is 11.8 Å². The van der Waals surface area contributed by atoms with Gasteiger partial charge in [-0.3, -0.25) is 9.59 Å². The fourth-order valence-electron chi connectivity index (χ4n) is 3.97. The van der Waals surface area contributed by atoms with E-state index in [9.17, 15) is 9.59 Å². The highest BCUT2D eigenvalue weighted by Crippen LogP contribution is 2.40. The van der Waals surface area contributed by atoms with Crippen LogP contribution in [0.4, 0.5) is 0 Å². The van der Waals surface area contributed by atoms with Gasteiger partial charge in [0.25, 0.3) is 0 Å². The third-order valence-electron chi connectivity index (χ3n) is 5.64. The van der Waals surface area contributed by atoms with Crippen molar-refractivity contribution >= 4 is 11.8 Å². The first-order valence-electron chi connectivity index (χ1n) is 8.76. The molecule has 1 N–H and O–H groups in total. The molecule has 21 heavy (non-hydrogen) atoms. The van der Waals surface area contributed by atoms with E-state index in [-0.39, 0.29) is 29.8 Å². The molecule has 2 saturated carbocycles. The van der Waals surface area contributed by atoms with Crippen molar-refractivity contribution in [2.24, 2.45) is 11.8 Å². The molecule has 3 fully saturated rings. The molecule has 0 aromatic rings. The number of hydrogen-bond acceptors (Lipinski definition) is 2. The SMILES string of the molecule is CCC(C)C1NC(=O)C(C2CC2)N(C2CCCCC2)C1=O. The number of hydrogen-bond donors (Lipinski definition) is 1. The Morgan fingerprint density at radius 3 is 2.38 bits per heavy atom. The number of nitrogens with one attached hydrogen (secondary N) is 1. The molecule has 3 aliphatic rings. The first-order chi connectivity index (χ1) is 10.1. The first-order valence-corrected chi connectivity index (χ1v) is 8.76. The van der Waals surface area contributed by atoms with Crippen molar-refractivity contribution in [1.29, 1.82) is 0 Å². The Morgan fingerprint density at radius 1 is 1.14 bits per heavy atom. The highest BCUT2D eigenvalue weighted by Gasteiger charge is 2.50. The van der Waals surface area contributed by atoms with E-state index in [4.69, 9.17) is 0 Å². The van der Waals surface area contributed by atoms with E-state index < -0.39 is 0 Å². The number of amides is 2. The fourth-order valence-corrected chi connectivity index (χ4v) is 3.97. The van der Waals surface area contributed by atoms with Crippen LogP contribution < -0.4 is 5.32 Å². The normalized spacial score (nSPS) is 33.0. The molecule has 4 heteroatoms. The smallest absolute Gasteiger partial charge is 0.246 e. The summed E-state index contributed by atoms with van der Waals surface area (Å²) >= 11 is 0. The van der Waals surface area contributed by atoms with Crippen LogP contribution in [0, 0.1) is 11.8 Å². The molecule has 0 bridgehead atoms. The van der Waals surface area contributed by atoms with Gasteiger partial charge in [0.1, 0.15) is 12.1 Å². The lowest BCUT2D eigenvalue weighted by molar-refractivity contribution is -0.155. The minimum Gasteiger partial charge on any atom is -0.342 e. The summed E-state index contributed by atoms with van der Waals surface area (Å²) in [6.07, 6.45) is 8.94. The molecular weight excluding hydrogens is 264 g/mol. The molecule has 2 amide bonds. The number of piperazine rings is 1. The quantitative estimate of drug-likeness (QED) is 0.865. The lowest BCUT2D eigenvalue weighted by Gasteiger charge is -2.46. The zero-order valence-electron chi connectivity index (χ0n) is 13.3. The van der Waals surface area contributed by atoms with Crippen molar-refractivity contribution in [2.75, 3.05) is 0 Å².